The number of rotatable bonds is 4. The van der Waals surface area contributed by atoms with Crippen molar-refractivity contribution in [2.75, 3.05) is 23.9 Å². The largest absolute Gasteiger partial charge is 0.387 e. The maximum Gasteiger partial charge on any atom is 0.149 e. The third-order valence-corrected chi connectivity index (χ3v) is 5.50. The number of hydrogen-bond donors (Lipinski definition) is 2. The Morgan fingerprint density at radius 1 is 1.15 bits per heavy atom. The quantitative estimate of drug-likeness (QED) is 0.479. The summed E-state index contributed by atoms with van der Waals surface area (Å²) in [5.74, 6) is -0.900. The zero-order valence-electron chi connectivity index (χ0n) is 19.3. The van der Waals surface area contributed by atoms with Gasteiger partial charge in [-0.3, -0.25) is 0 Å². The van der Waals surface area contributed by atoms with E-state index < -0.39 is 35.6 Å². The predicted molar refractivity (Wildman–Crippen MR) is 126 cm³/mol. The number of aliphatic hydroxyl groups excluding tert-OH is 2. The Hall–Kier alpha value is -2.55. The first-order valence-electron chi connectivity index (χ1n) is 10.2. The van der Waals surface area contributed by atoms with Crippen LogP contribution in [0.1, 0.15) is 25.1 Å². The number of benzene rings is 1. The molecular weight excluding hydrogens is 455 g/mol. The van der Waals surface area contributed by atoms with Crippen LogP contribution in [-0.4, -0.2) is 47.5 Å². The van der Waals surface area contributed by atoms with Crippen molar-refractivity contribution in [1.82, 2.24) is 4.98 Å². The zero-order valence-corrected chi connectivity index (χ0v) is 20.0. The lowest BCUT2D eigenvalue weighted by Crippen LogP contribution is -2.34. The van der Waals surface area contributed by atoms with Crippen molar-refractivity contribution in [3.05, 3.63) is 77.1 Å². The summed E-state index contributed by atoms with van der Waals surface area (Å²) in [4.78, 5) is 7.51. The SMILES string of the molecule is C=CC1C(O)C(O)C(=C)N1c1cc(C(C)(C)F)cc(C)n1.CN(C)c1cc(Cl)c(F)cc1F. The number of alkyl halides is 1. The van der Waals surface area contributed by atoms with Gasteiger partial charge in [-0.2, -0.15) is 0 Å². The molecule has 2 heterocycles. The van der Waals surface area contributed by atoms with E-state index in [2.05, 4.69) is 18.1 Å². The van der Waals surface area contributed by atoms with Crippen LogP contribution in [0.5, 0.6) is 0 Å². The summed E-state index contributed by atoms with van der Waals surface area (Å²) in [6.45, 7) is 12.2. The Labute approximate surface area is 197 Å². The van der Waals surface area contributed by atoms with E-state index in [9.17, 15) is 23.4 Å². The van der Waals surface area contributed by atoms with Crippen LogP contribution < -0.4 is 9.80 Å². The fraction of sp³-hybridized carbons (Fsp3) is 0.375. The molecule has 0 bridgehead atoms. The van der Waals surface area contributed by atoms with Gasteiger partial charge in [-0.25, -0.2) is 18.2 Å². The minimum Gasteiger partial charge on any atom is -0.387 e. The van der Waals surface area contributed by atoms with Gasteiger partial charge in [-0.15, -0.1) is 6.58 Å². The molecule has 2 N–H and O–H groups in total. The van der Waals surface area contributed by atoms with Gasteiger partial charge >= 0.3 is 0 Å². The standard InChI is InChI=1S/C16H21FN2O2.C8H8ClF2N/c1-6-12-15(21)14(20)10(3)19(12)13-8-11(16(4,5)17)7-9(2)18-13;1-12(2)8-3-5(9)6(10)4-7(8)11/h6-8,12,14-15,20-21H,1,3H2,2,4-5H3;3-4H,1-2H3. The van der Waals surface area contributed by atoms with Gasteiger partial charge in [0.05, 0.1) is 16.8 Å². The molecule has 0 aliphatic carbocycles. The van der Waals surface area contributed by atoms with Crippen molar-refractivity contribution < 1.29 is 23.4 Å². The van der Waals surface area contributed by atoms with E-state index in [1.807, 2.05) is 0 Å². The number of pyridine rings is 1. The van der Waals surface area contributed by atoms with Gasteiger partial charge < -0.3 is 20.0 Å². The van der Waals surface area contributed by atoms with Gasteiger partial charge in [-0.05, 0) is 44.5 Å². The highest BCUT2D eigenvalue weighted by Crippen LogP contribution is 2.35. The Balaban J connectivity index is 0.000000273. The summed E-state index contributed by atoms with van der Waals surface area (Å²) >= 11 is 5.46. The second-order valence-electron chi connectivity index (χ2n) is 8.46. The van der Waals surface area contributed by atoms with E-state index in [-0.39, 0.29) is 10.7 Å². The van der Waals surface area contributed by atoms with Crippen LogP contribution in [-0.2, 0) is 5.67 Å². The normalized spacial score (nSPS) is 20.4. The maximum absolute atomic E-state index is 14.2. The van der Waals surface area contributed by atoms with Gasteiger partial charge in [0.15, 0.2) is 0 Å². The van der Waals surface area contributed by atoms with Gasteiger partial charge in [0.25, 0.3) is 0 Å². The van der Waals surface area contributed by atoms with E-state index in [0.29, 0.717) is 22.8 Å². The lowest BCUT2D eigenvalue weighted by Gasteiger charge is -2.26. The number of nitrogens with zero attached hydrogens (tertiary/aromatic N) is 3. The van der Waals surface area contributed by atoms with Crippen LogP contribution in [0.3, 0.4) is 0 Å². The summed E-state index contributed by atoms with van der Waals surface area (Å²) < 4.78 is 39.8. The molecule has 180 valence electrons. The maximum atomic E-state index is 14.2. The minimum absolute atomic E-state index is 0.0694. The summed E-state index contributed by atoms with van der Waals surface area (Å²) in [5, 5.41) is 19.9. The molecular formula is C24H29ClF3N3O2. The average Bonchev–Trinajstić information content (AvgIpc) is 2.93. The number of aryl methyl sites for hydroxylation is 1. The summed E-state index contributed by atoms with van der Waals surface area (Å²) in [5.41, 5.74) is 0.232. The van der Waals surface area contributed by atoms with E-state index >= 15 is 0 Å². The van der Waals surface area contributed by atoms with Crippen molar-refractivity contribution in [3.8, 4) is 0 Å². The van der Waals surface area contributed by atoms with Crippen molar-refractivity contribution in [2.24, 2.45) is 0 Å². The van der Waals surface area contributed by atoms with Gasteiger partial charge in [0.2, 0.25) is 0 Å². The van der Waals surface area contributed by atoms with Crippen molar-refractivity contribution >= 4 is 23.1 Å². The molecule has 33 heavy (non-hydrogen) atoms. The summed E-state index contributed by atoms with van der Waals surface area (Å²) in [7, 11) is 3.32. The molecule has 1 aliphatic rings. The molecule has 9 heteroatoms. The molecule has 3 unspecified atom stereocenters. The third kappa shape index (κ3) is 5.88. The Morgan fingerprint density at radius 3 is 2.27 bits per heavy atom. The highest BCUT2D eigenvalue weighted by Gasteiger charge is 2.42. The van der Waals surface area contributed by atoms with Crippen LogP contribution in [0, 0.1) is 18.6 Å². The molecule has 0 radical (unpaired) electrons. The van der Waals surface area contributed by atoms with E-state index in [0.717, 1.165) is 6.07 Å². The lowest BCUT2D eigenvalue weighted by molar-refractivity contribution is 0.0576. The van der Waals surface area contributed by atoms with Crippen molar-refractivity contribution in [2.45, 2.75) is 44.7 Å². The lowest BCUT2D eigenvalue weighted by atomic mass is 10.00. The van der Waals surface area contributed by atoms with Crippen LogP contribution in [0.2, 0.25) is 5.02 Å². The minimum atomic E-state index is -1.51. The number of halogens is 4. The van der Waals surface area contributed by atoms with Crippen LogP contribution in [0.25, 0.3) is 0 Å². The number of aromatic nitrogens is 1. The number of anilines is 2. The number of hydrogen-bond acceptors (Lipinski definition) is 5. The molecule has 1 saturated heterocycles. The molecule has 1 aromatic heterocycles. The van der Waals surface area contributed by atoms with Crippen molar-refractivity contribution in [1.29, 1.82) is 0 Å². The molecule has 1 aromatic carbocycles. The van der Waals surface area contributed by atoms with Gasteiger partial charge in [0.1, 0.15) is 35.3 Å². The average molecular weight is 484 g/mol. The molecule has 1 aliphatic heterocycles. The summed E-state index contributed by atoms with van der Waals surface area (Å²) in [6, 6.07) is 4.78. The molecule has 5 nitrogen and oxygen atoms in total. The first-order chi connectivity index (χ1) is 15.2. The van der Waals surface area contributed by atoms with E-state index in [4.69, 9.17) is 11.6 Å². The fourth-order valence-electron chi connectivity index (χ4n) is 3.39. The molecule has 2 aromatic rings. The van der Waals surface area contributed by atoms with Crippen LogP contribution >= 0.6 is 11.6 Å². The highest BCUT2D eigenvalue weighted by molar-refractivity contribution is 6.31. The van der Waals surface area contributed by atoms with Gasteiger partial charge in [-0.1, -0.05) is 24.3 Å². The van der Waals surface area contributed by atoms with E-state index in [1.54, 1.807) is 38.1 Å². The predicted octanol–water partition coefficient (Wildman–Crippen LogP) is 4.89. The fourth-order valence-corrected chi connectivity index (χ4v) is 3.55. The molecule has 0 amide bonds. The molecule has 3 atom stereocenters. The van der Waals surface area contributed by atoms with Crippen LogP contribution in [0.4, 0.5) is 24.7 Å². The molecule has 3 rings (SSSR count). The summed E-state index contributed by atoms with van der Waals surface area (Å²) in [6.07, 6.45) is -0.590. The number of aliphatic hydroxyl groups is 2. The Kier molecular flexibility index (Phi) is 8.22. The first kappa shape index (κ1) is 26.7. The second kappa shape index (κ2) is 10.2. The molecule has 0 saturated carbocycles. The zero-order chi connectivity index (χ0) is 25.2. The molecule has 1 fully saturated rings. The third-order valence-electron chi connectivity index (χ3n) is 5.21. The van der Waals surface area contributed by atoms with Crippen LogP contribution in [0.15, 0.2) is 49.2 Å². The second-order valence-corrected chi connectivity index (χ2v) is 8.87. The monoisotopic (exact) mass is 483 g/mol. The molecule has 0 spiro atoms. The van der Waals surface area contributed by atoms with Crippen molar-refractivity contribution in [3.63, 3.8) is 0 Å². The van der Waals surface area contributed by atoms with Gasteiger partial charge in [0, 0.05) is 31.6 Å². The first-order valence-corrected chi connectivity index (χ1v) is 10.5. The highest BCUT2D eigenvalue weighted by atomic mass is 35.5. The smallest absolute Gasteiger partial charge is 0.149 e. The Morgan fingerprint density at radius 2 is 1.76 bits per heavy atom. The Bertz CT molecular complexity index is 1040. The topological polar surface area (TPSA) is 59.8 Å². The van der Waals surface area contributed by atoms with E-state index in [1.165, 1.54) is 30.9 Å².